The van der Waals surface area contributed by atoms with Gasteiger partial charge in [0.15, 0.2) is 6.10 Å². The third kappa shape index (κ3) is 23.8. The number of anilines is 2. The number of esters is 1. The fourth-order valence-electron chi connectivity index (χ4n) is 3.10. The number of carboxylic acids is 2. The Morgan fingerprint density at radius 2 is 1.55 bits per heavy atom. The molecule has 308 valence electrons. The van der Waals surface area contributed by atoms with Crippen LogP contribution >= 0.6 is 42.4 Å². The quantitative estimate of drug-likeness (QED) is 0.0668. The highest BCUT2D eigenvalue weighted by molar-refractivity contribution is 7.94. The Bertz CT molecular complexity index is 1760. The first-order valence-electron chi connectivity index (χ1n) is 15.4. The molecule has 0 bridgehead atoms. The molecule has 55 heavy (non-hydrogen) atoms. The monoisotopic (exact) mass is 882 g/mol. The summed E-state index contributed by atoms with van der Waals surface area (Å²) in [6, 6.07) is 6.60. The molecule has 0 aliphatic carbocycles. The standard InChI is InChI=1S/C17H11Cl2F3O5.C8H14ClN5.C3H8NO5P.C3H9S/c1-8(15(23)24)26-16(25)11-7-10(3-4-12(11)18)27-14-5-2-9(6-13(14)19)17(20,21)22;1-4-10-7-12-6(9)13-8(14-7)11-5(2)3;5-3(6)1-4-2-10(7,8)9;1-4(2)3/h2-8H,1H3,(H,23,24);5H,4H2,1-3H3,(H2,10,11,12,13,14);4H,1-2H2,(H,5,6)(H2,7,8,9);1-3H3/q;;;+1/p-1/t8-;;;/m0.../s1. The van der Waals surface area contributed by atoms with Crippen LogP contribution in [0, 0.1) is 0 Å². The van der Waals surface area contributed by atoms with Gasteiger partial charge < -0.3 is 44.7 Å². The van der Waals surface area contributed by atoms with Crippen LogP contribution in [0.5, 0.6) is 11.5 Å². The van der Waals surface area contributed by atoms with E-state index in [1.807, 2.05) is 26.1 Å². The summed E-state index contributed by atoms with van der Waals surface area (Å²) in [5.41, 5.74) is -1.12. The number of alkyl halides is 3. The van der Waals surface area contributed by atoms with Crippen molar-refractivity contribution in [1.29, 1.82) is 0 Å². The van der Waals surface area contributed by atoms with Crippen LogP contribution in [0.25, 0.3) is 0 Å². The lowest BCUT2D eigenvalue weighted by molar-refractivity contribution is -0.193. The molecular formula is C31H41Cl3F3N6O10PS. The average Bonchev–Trinajstić information content (AvgIpc) is 3.01. The van der Waals surface area contributed by atoms with Gasteiger partial charge in [-0.25, -0.2) is 9.59 Å². The van der Waals surface area contributed by atoms with Gasteiger partial charge in [0.1, 0.15) is 19.1 Å². The molecule has 2 aromatic carbocycles. The number of aliphatic carboxylic acids is 2. The summed E-state index contributed by atoms with van der Waals surface area (Å²) in [7, 11) is -3.71. The molecule has 0 fully saturated rings. The van der Waals surface area contributed by atoms with Gasteiger partial charge in [-0.15, -0.1) is 0 Å². The fourth-order valence-corrected chi connectivity index (χ4v) is 4.07. The molecule has 0 aliphatic heterocycles. The summed E-state index contributed by atoms with van der Waals surface area (Å²) >= 11 is 17.4. The Morgan fingerprint density at radius 3 is 2.02 bits per heavy atom. The van der Waals surface area contributed by atoms with Crippen molar-refractivity contribution in [3.05, 3.63) is 62.9 Å². The third-order valence-electron chi connectivity index (χ3n) is 5.22. The molecule has 0 amide bonds. The molecule has 0 radical (unpaired) electrons. The molecule has 3 aromatic rings. The van der Waals surface area contributed by atoms with Crippen molar-refractivity contribution in [2.24, 2.45) is 0 Å². The normalized spacial score (nSPS) is 12.3. The highest BCUT2D eigenvalue weighted by atomic mass is 35.5. The lowest BCUT2D eigenvalue weighted by Crippen LogP contribution is -2.25. The Hall–Kier alpha value is -3.62. The summed E-state index contributed by atoms with van der Waals surface area (Å²) in [5.74, 6) is -2.57. The van der Waals surface area contributed by atoms with Gasteiger partial charge in [-0.3, -0.25) is 10.1 Å². The van der Waals surface area contributed by atoms with Crippen LogP contribution in [0.1, 0.15) is 43.6 Å². The molecule has 1 heterocycles. The van der Waals surface area contributed by atoms with Crippen molar-refractivity contribution < 1.29 is 61.6 Å². The molecule has 2 atom stereocenters. The molecule has 3 rings (SSSR count). The lowest BCUT2D eigenvalue weighted by atomic mass is 10.2. The summed E-state index contributed by atoms with van der Waals surface area (Å²) < 4.78 is 58.1. The Kier molecular flexibility index (Phi) is 23.2. The van der Waals surface area contributed by atoms with Crippen molar-refractivity contribution in [1.82, 2.24) is 20.3 Å². The minimum atomic E-state index is -4.56. The van der Waals surface area contributed by atoms with Gasteiger partial charge in [0, 0.05) is 12.6 Å². The van der Waals surface area contributed by atoms with Gasteiger partial charge in [0.05, 0.1) is 52.8 Å². The number of nitrogens with zero attached hydrogens (tertiary/aromatic N) is 3. The Morgan fingerprint density at radius 1 is 0.964 bits per heavy atom. The second-order valence-electron chi connectivity index (χ2n) is 11.2. The van der Waals surface area contributed by atoms with E-state index in [0.29, 0.717) is 28.9 Å². The summed E-state index contributed by atoms with van der Waals surface area (Å²) in [4.78, 5) is 62.6. The van der Waals surface area contributed by atoms with E-state index < -0.39 is 56.2 Å². The molecular weight excluding hydrogens is 843 g/mol. The topological polar surface area (TPSA) is 245 Å². The van der Waals surface area contributed by atoms with E-state index in [-0.39, 0.29) is 38.4 Å². The van der Waals surface area contributed by atoms with E-state index >= 15 is 0 Å². The maximum Gasteiger partial charge on any atom is 0.416 e. The number of hydrogen-bond acceptors (Lipinski definition) is 13. The molecule has 6 N–H and O–H groups in total. The predicted octanol–water partition coefficient (Wildman–Crippen LogP) is 5.87. The number of nitrogens with one attached hydrogen (secondary N) is 3. The SMILES string of the molecule is CCNc1nc(Cl)nc(NC(C)C)n1.C[C@H](OC(=O)c1cc(Oc2ccc(C(F)(F)F)cc2Cl)ccc1Cl)C(=O)O.C[S+](C)C.O=C(O)CNCP(=O)([O-])O. The first kappa shape index (κ1) is 51.4. The zero-order valence-corrected chi connectivity index (χ0v) is 34.4. The van der Waals surface area contributed by atoms with Crippen LogP contribution in [-0.2, 0) is 36.0 Å². The van der Waals surface area contributed by atoms with E-state index in [4.69, 9.17) is 59.4 Å². The molecule has 0 aliphatic rings. The summed E-state index contributed by atoms with van der Waals surface area (Å²) in [6.07, 6.45) is -0.0815. The highest BCUT2D eigenvalue weighted by Crippen LogP contribution is 2.37. The van der Waals surface area contributed by atoms with Crippen LogP contribution in [0.15, 0.2) is 36.4 Å². The highest BCUT2D eigenvalue weighted by Gasteiger charge is 2.31. The number of aromatic nitrogens is 3. The van der Waals surface area contributed by atoms with Crippen LogP contribution in [0.3, 0.4) is 0 Å². The fraction of sp³-hybridized carbons (Fsp3) is 0.419. The lowest BCUT2D eigenvalue weighted by Gasteiger charge is -2.14. The van der Waals surface area contributed by atoms with E-state index in [2.05, 4.69) is 44.4 Å². The van der Waals surface area contributed by atoms with Crippen LogP contribution in [0.4, 0.5) is 25.1 Å². The maximum absolute atomic E-state index is 12.7. The van der Waals surface area contributed by atoms with Gasteiger partial charge in [0.25, 0.3) is 0 Å². The van der Waals surface area contributed by atoms with Gasteiger partial charge in [-0.1, -0.05) is 23.2 Å². The summed E-state index contributed by atoms with van der Waals surface area (Å²) in [5, 5.41) is 24.7. The van der Waals surface area contributed by atoms with Crippen molar-refractivity contribution in [2.75, 3.05) is 48.8 Å². The van der Waals surface area contributed by atoms with E-state index in [1.54, 1.807) is 0 Å². The van der Waals surface area contributed by atoms with Crippen molar-refractivity contribution in [3.8, 4) is 11.5 Å². The molecule has 16 nitrogen and oxygen atoms in total. The zero-order chi connectivity index (χ0) is 42.7. The molecule has 1 aromatic heterocycles. The maximum atomic E-state index is 12.7. The van der Waals surface area contributed by atoms with E-state index in [0.717, 1.165) is 31.7 Å². The van der Waals surface area contributed by atoms with Crippen LogP contribution in [0.2, 0.25) is 15.3 Å². The van der Waals surface area contributed by atoms with Crippen molar-refractivity contribution >= 4 is 83.1 Å². The smallest absolute Gasteiger partial charge is 0.416 e. The number of benzene rings is 2. The van der Waals surface area contributed by atoms with Crippen LogP contribution < -0.4 is 25.6 Å². The van der Waals surface area contributed by atoms with Gasteiger partial charge >= 0.3 is 24.1 Å². The number of carboxylic acid groups (broad SMARTS) is 2. The first-order valence-corrected chi connectivity index (χ1v) is 20.7. The predicted molar refractivity (Wildman–Crippen MR) is 204 cm³/mol. The Balaban J connectivity index is 0.000000864. The number of rotatable bonds is 13. The van der Waals surface area contributed by atoms with E-state index in [1.165, 1.54) is 12.1 Å². The molecule has 0 spiro atoms. The van der Waals surface area contributed by atoms with Crippen LogP contribution in [-0.4, -0.2) is 98.3 Å². The number of halogens is 6. The molecule has 24 heteroatoms. The average molecular weight is 884 g/mol. The number of ether oxygens (including phenoxy) is 2. The number of hydrogen-bond donors (Lipinski definition) is 6. The Labute approximate surface area is 333 Å². The number of carbonyl (C=O) groups excluding carboxylic acids is 1. The van der Waals surface area contributed by atoms with Gasteiger partial charge in [0.2, 0.25) is 17.2 Å². The molecule has 0 saturated heterocycles. The minimum Gasteiger partial charge on any atom is -0.778 e. The van der Waals surface area contributed by atoms with Gasteiger partial charge in [-0.05, 0) is 86.6 Å². The van der Waals surface area contributed by atoms with Gasteiger partial charge in [-0.2, -0.15) is 28.1 Å². The number of carbonyl (C=O) groups is 3. The van der Waals surface area contributed by atoms with Crippen molar-refractivity contribution in [2.45, 2.75) is 46.0 Å². The van der Waals surface area contributed by atoms with E-state index in [9.17, 15) is 37.0 Å². The first-order chi connectivity index (χ1) is 25.2. The van der Waals surface area contributed by atoms with Crippen molar-refractivity contribution in [3.63, 3.8) is 0 Å². The molecule has 1 unspecified atom stereocenters. The second-order valence-corrected chi connectivity index (χ2v) is 16.4. The zero-order valence-electron chi connectivity index (χ0n) is 30.4. The largest absolute Gasteiger partial charge is 0.778 e. The second kappa shape index (κ2) is 24.8. The molecule has 0 saturated carbocycles. The third-order valence-corrected chi connectivity index (χ3v) is 6.64. The summed E-state index contributed by atoms with van der Waals surface area (Å²) in [6.45, 7) is 7.41. The minimum absolute atomic E-state index is 0.0246.